The molecule has 0 spiro atoms. The van der Waals surface area contributed by atoms with Crippen LogP contribution in [0.2, 0.25) is 10.0 Å². The van der Waals surface area contributed by atoms with E-state index in [4.69, 9.17) is 32.7 Å². The van der Waals surface area contributed by atoms with Crippen LogP contribution in [0.1, 0.15) is 29.8 Å². The van der Waals surface area contributed by atoms with Crippen molar-refractivity contribution in [1.82, 2.24) is 10.2 Å². The number of hydrogen-bond donors (Lipinski definition) is 1. The average molecular weight is 467 g/mol. The number of rotatable bonds is 9. The number of halogens is 2. The quantitative estimate of drug-likeness (QED) is 0.591. The molecule has 0 fully saturated rings. The molecular formula is C23H28Cl2N2O4. The fraction of sp³-hybridized carbons (Fsp3) is 0.391. The minimum absolute atomic E-state index is 0.106. The van der Waals surface area contributed by atoms with E-state index in [9.17, 15) is 9.59 Å². The van der Waals surface area contributed by atoms with E-state index in [0.29, 0.717) is 29.5 Å². The van der Waals surface area contributed by atoms with Crippen LogP contribution in [0.25, 0.3) is 0 Å². The largest absolute Gasteiger partial charge is 0.493 e. The summed E-state index contributed by atoms with van der Waals surface area (Å²) < 4.78 is 10.6. The van der Waals surface area contributed by atoms with Gasteiger partial charge in [-0.15, -0.1) is 0 Å². The molecule has 1 N–H and O–H groups in total. The number of nitrogens with one attached hydrogen (secondary N) is 1. The summed E-state index contributed by atoms with van der Waals surface area (Å²) in [6.07, 6.45) is 0.629. The Morgan fingerprint density at radius 1 is 1.03 bits per heavy atom. The lowest BCUT2D eigenvalue weighted by Gasteiger charge is -2.27. The van der Waals surface area contributed by atoms with Crippen molar-refractivity contribution in [2.45, 2.75) is 26.3 Å². The van der Waals surface area contributed by atoms with Crippen LogP contribution < -0.4 is 14.8 Å². The van der Waals surface area contributed by atoms with Crippen LogP contribution in [0.3, 0.4) is 0 Å². The minimum Gasteiger partial charge on any atom is -0.493 e. The molecule has 31 heavy (non-hydrogen) atoms. The number of amides is 2. The maximum absolute atomic E-state index is 13.0. The molecule has 2 aromatic carbocycles. The van der Waals surface area contributed by atoms with Crippen LogP contribution in [0.15, 0.2) is 36.4 Å². The molecule has 0 aromatic heterocycles. The van der Waals surface area contributed by atoms with Gasteiger partial charge in [0, 0.05) is 18.6 Å². The van der Waals surface area contributed by atoms with Crippen LogP contribution in [0.5, 0.6) is 11.5 Å². The van der Waals surface area contributed by atoms with E-state index in [2.05, 4.69) is 5.32 Å². The van der Waals surface area contributed by atoms with Crippen molar-refractivity contribution in [2.75, 3.05) is 27.8 Å². The van der Waals surface area contributed by atoms with Crippen LogP contribution in [-0.4, -0.2) is 50.6 Å². The number of methoxy groups -OCH3 is 2. The normalized spacial score (nSPS) is 11.7. The van der Waals surface area contributed by atoms with Gasteiger partial charge in [0.2, 0.25) is 5.91 Å². The zero-order chi connectivity index (χ0) is 23.1. The van der Waals surface area contributed by atoms with E-state index < -0.39 is 11.9 Å². The van der Waals surface area contributed by atoms with Crippen LogP contribution >= 0.6 is 23.2 Å². The van der Waals surface area contributed by atoms with Crippen molar-refractivity contribution in [2.24, 2.45) is 5.92 Å². The number of carbonyl (C=O) groups is 2. The summed E-state index contributed by atoms with van der Waals surface area (Å²) in [5.74, 6) is 0.599. The molecule has 2 amide bonds. The number of nitrogens with zero attached hydrogens (tertiary/aromatic N) is 1. The number of likely N-dealkylation sites (N-methyl/N-ethyl adjacent to an activating group) is 1. The van der Waals surface area contributed by atoms with Crippen molar-refractivity contribution in [3.05, 3.63) is 57.6 Å². The summed E-state index contributed by atoms with van der Waals surface area (Å²) in [6.45, 7) is 4.25. The van der Waals surface area contributed by atoms with Crippen molar-refractivity contribution in [3.63, 3.8) is 0 Å². The van der Waals surface area contributed by atoms with Crippen molar-refractivity contribution < 1.29 is 19.1 Å². The third-order valence-corrected chi connectivity index (χ3v) is 5.50. The van der Waals surface area contributed by atoms with Gasteiger partial charge in [-0.1, -0.05) is 43.1 Å². The summed E-state index contributed by atoms with van der Waals surface area (Å²) in [4.78, 5) is 27.4. The molecule has 2 rings (SSSR count). The molecule has 8 heteroatoms. The second-order valence-electron chi connectivity index (χ2n) is 7.52. The highest BCUT2D eigenvalue weighted by atomic mass is 35.5. The van der Waals surface area contributed by atoms with E-state index in [1.54, 1.807) is 38.3 Å². The lowest BCUT2D eigenvalue weighted by molar-refractivity contribution is -0.133. The zero-order valence-corrected chi connectivity index (χ0v) is 19.9. The fourth-order valence-corrected chi connectivity index (χ4v) is 3.58. The molecule has 0 aliphatic heterocycles. The van der Waals surface area contributed by atoms with Crippen molar-refractivity contribution in [1.29, 1.82) is 0 Å². The highest BCUT2D eigenvalue weighted by Crippen LogP contribution is 2.27. The van der Waals surface area contributed by atoms with Crippen molar-refractivity contribution >= 4 is 35.0 Å². The van der Waals surface area contributed by atoms with Gasteiger partial charge in [-0.05, 0) is 48.2 Å². The molecule has 2 aromatic rings. The molecule has 168 valence electrons. The maximum Gasteiger partial charge on any atom is 0.253 e. The Labute approximate surface area is 193 Å². The third kappa shape index (κ3) is 6.52. The van der Waals surface area contributed by atoms with Gasteiger partial charge < -0.3 is 19.7 Å². The Morgan fingerprint density at radius 3 is 2.29 bits per heavy atom. The Balaban J connectivity index is 2.06. The molecule has 0 radical (unpaired) electrons. The molecule has 0 heterocycles. The highest BCUT2D eigenvalue weighted by molar-refractivity contribution is 6.36. The number of carbonyl (C=O) groups excluding carboxylic acids is 2. The first-order chi connectivity index (χ1) is 14.7. The summed E-state index contributed by atoms with van der Waals surface area (Å²) >= 11 is 12.0. The molecule has 0 saturated heterocycles. The Bertz CT molecular complexity index is 934. The lowest BCUT2D eigenvalue weighted by Crippen LogP contribution is -2.50. The van der Waals surface area contributed by atoms with Gasteiger partial charge in [-0.2, -0.15) is 0 Å². The molecule has 0 saturated carbocycles. The van der Waals surface area contributed by atoms with Gasteiger partial charge in [0.1, 0.15) is 6.04 Å². The molecule has 1 atom stereocenters. The van der Waals surface area contributed by atoms with E-state index in [0.717, 1.165) is 5.56 Å². The molecular weight excluding hydrogens is 439 g/mol. The minimum atomic E-state index is -0.686. The molecule has 6 nitrogen and oxygen atoms in total. The van der Waals surface area contributed by atoms with Crippen LogP contribution in [-0.2, 0) is 11.2 Å². The molecule has 1 unspecified atom stereocenters. The smallest absolute Gasteiger partial charge is 0.253 e. The Kier molecular flexibility index (Phi) is 9.01. The first-order valence-corrected chi connectivity index (χ1v) is 10.6. The summed E-state index contributed by atoms with van der Waals surface area (Å²) in [5.41, 5.74) is 1.29. The van der Waals surface area contributed by atoms with Crippen LogP contribution in [0.4, 0.5) is 0 Å². The van der Waals surface area contributed by atoms with Gasteiger partial charge >= 0.3 is 0 Å². The Morgan fingerprint density at radius 2 is 1.71 bits per heavy atom. The van der Waals surface area contributed by atoms with E-state index in [1.165, 1.54) is 6.07 Å². The third-order valence-electron chi connectivity index (χ3n) is 4.96. The highest BCUT2D eigenvalue weighted by Gasteiger charge is 2.28. The first-order valence-electron chi connectivity index (χ1n) is 9.89. The fourth-order valence-electron chi connectivity index (χ4n) is 3.09. The van der Waals surface area contributed by atoms with E-state index in [-0.39, 0.29) is 22.4 Å². The lowest BCUT2D eigenvalue weighted by atomic mass is 10.0. The summed E-state index contributed by atoms with van der Waals surface area (Å²) in [5, 5.41) is 3.49. The van der Waals surface area contributed by atoms with Gasteiger partial charge in [-0.25, -0.2) is 0 Å². The number of benzene rings is 2. The SMILES string of the molecule is COc1ccc(CCN(C)C(=O)C(NC(=O)c2ccc(Cl)cc2Cl)C(C)C)cc1OC. The van der Waals surface area contributed by atoms with Crippen molar-refractivity contribution in [3.8, 4) is 11.5 Å². The van der Waals surface area contributed by atoms with E-state index >= 15 is 0 Å². The average Bonchev–Trinajstić information content (AvgIpc) is 2.74. The van der Waals surface area contributed by atoms with Crippen LogP contribution in [0, 0.1) is 5.92 Å². The zero-order valence-electron chi connectivity index (χ0n) is 18.4. The predicted octanol–water partition coefficient (Wildman–Crippen LogP) is 4.47. The Hall–Kier alpha value is -2.44. The molecule has 0 bridgehead atoms. The van der Waals surface area contributed by atoms with Gasteiger partial charge in [0.15, 0.2) is 11.5 Å². The van der Waals surface area contributed by atoms with Gasteiger partial charge in [0.05, 0.1) is 24.8 Å². The van der Waals surface area contributed by atoms with E-state index in [1.807, 2.05) is 32.0 Å². The standard InChI is InChI=1S/C23H28Cl2N2O4/c1-14(2)21(26-22(28)17-8-7-16(24)13-18(17)25)23(29)27(3)11-10-15-6-9-19(30-4)20(12-15)31-5/h6-9,12-14,21H,10-11H2,1-5H3,(H,26,28). The summed E-state index contributed by atoms with van der Waals surface area (Å²) in [7, 11) is 4.89. The maximum atomic E-state index is 13.0. The first kappa shape index (κ1) is 24.8. The summed E-state index contributed by atoms with van der Waals surface area (Å²) in [6, 6.07) is 9.61. The van der Waals surface area contributed by atoms with Gasteiger partial charge in [0.25, 0.3) is 5.91 Å². The second kappa shape index (κ2) is 11.3. The molecule has 0 aliphatic rings. The van der Waals surface area contributed by atoms with Gasteiger partial charge in [-0.3, -0.25) is 9.59 Å². The molecule has 0 aliphatic carbocycles. The second-order valence-corrected chi connectivity index (χ2v) is 8.36. The topological polar surface area (TPSA) is 67.9 Å². The predicted molar refractivity (Wildman–Crippen MR) is 123 cm³/mol. The number of ether oxygens (including phenoxy) is 2. The monoisotopic (exact) mass is 466 g/mol. The number of hydrogen-bond acceptors (Lipinski definition) is 4.